The molecule has 2 rings (SSSR count). The van der Waals surface area contributed by atoms with E-state index in [2.05, 4.69) is 0 Å². The highest BCUT2D eigenvalue weighted by Gasteiger charge is 2.27. The van der Waals surface area contributed by atoms with Crippen molar-refractivity contribution in [3.8, 4) is 5.75 Å². The van der Waals surface area contributed by atoms with E-state index in [0.29, 0.717) is 25.0 Å². The Morgan fingerprint density at radius 1 is 1.28 bits per heavy atom. The molecule has 0 radical (unpaired) electrons. The average molecular weight is 252 g/mol. The number of benzene rings is 1. The predicted molar refractivity (Wildman–Crippen MR) is 67.7 cm³/mol. The molecule has 0 saturated carbocycles. The van der Waals surface area contributed by atoms with Gasteiger partial charge >= 0.3 is 0 Å². The van der Waals surface area contributed by atoms with E-state index in [4.69, 9.17) is 4.74 Å². The lowest BCUT2D eigenvalue weighted by molar-refractivity contribution is 0.0132. The molecule has 0 aromatic heterocycles. The molecule has 3 atom stereocenters. The van der Waals surface area contributed by atoms with Crippen LogP contribution in [0.5, 0.6) is 5.75 Å². The van der Waals surface area contributed by atoms with Crippen LogP contribution < -0.4 is 4.74 Å². The zero-order valence-corrected chi connectivity index (χ0v) is 10.5. The first-order valence-corrected chi connectivity index (χ1v) is 6.39. The maximum absolute atomic E-state index is 9.72. The maximum atomic E-state index is 9.72. The molecule has 3 N–H and O–H groups in total. The SMILES string of the molecule is CC[C@@H](O)COc1cccc2c1C[C@H](O)[C@H](O)C2. The summed E-state index contributed by atoms with van der Waals surface area (Å²) in [5.74, 6) is 0.700. The number of hydrogen-bond donors (Lipinski definition) is 3. The van der Waals surface area contributed by atoms with Gasteiger partial charge in [-0.1, -0.05) is 19.1 Å². The van der Waals surface area contributed by atoms with Crippen molar-refractivity contribution in [3.63, 3.8) is 0 Å². The highest BCUT2D eigenvalue weighted by Crippen LogP contribution is 2.30. The molecule has 0 amide bonds. The molecule has 1 aromatic rings. The second-order valence-electron chi connectivity index (χ2n) is 4.81. The number of fused-ring (bicyclic) bond motifs is 1. The van der Waals surface area contributed by atoms with E-state index >= 15 is 0 Å². The summed E-state index contributed by atoms with van der Waals surface area (Å²) in [6, 6.07) is 5.65. The molecule has 1 aromatic carbocycles. The first kappa shape index (κ1) is 13.3. The molecular formula is C14H20O4. The van der Waals surface area contributed by atoms with Crippen LogP contribution in [0.2, 0.25) is 0 Å². The Kier molecular flexibility index (Phi) is 4.22. The fraction of sp³-hybridized carbons (Fsp3) is 0.571. The fourth-order valence-electron chi connectivity index (χ4n) is 2.18. The number of rotatable bonds is 4. The van der Waals surface area contributed by atoms with Crippen LogP contribution >= 0.6 is 0 Å². The van der Waals surface area contributed by atoms with Crippen molar-refractivity contribution < 1.29 is 20.1 Å². The van der Waals surface area contributed by atoms with Crippen LogP contribution in [0.25, 0.3) is 0 Å². The highest BCUT2D eigenvalue weighted by molar-refractivity contribution is 5.43. The van der Waals surface area contributed by atoms with Crippen LogP contribution in [-0.4, -0.2) is 40.2 Å². The van der Waals surface area contributed by atoms with Crippen LogP contribution in [0.4, 0.5) is 0 Å². The van der Waals surface area contributed by atoms with Crippen LogP contribution in [-0.2, 0) is 12.8 Å². The van der Waals surface area contributed by atoms with Crippen LogP contribution in [0.3, 0.4) is 0 Å². The van der Waals surface area contributed by atoms with Gasteiger partial charge in [-0.25, -0.2) is 0 Å². The third-order valence-corrected chi connectivity index (χ3v) is 3.42. The van der Waals surface area contributed by atoms with Crippen molar-refractivity contribution in [1.29, 1.82) is 0 Å². The van der Waals surface area contributed by atoms with E-state index in [0.717, 1.165) is 11.1 Å². The summed E-state index contributed by atoms with van der Waals surface area (Å²) in [5, 5.41) is 28.9. The summed E-state index contributed by atoms with van der Waals surface area (Å²) in [5.41, 5.74) is 1.95. The fourth-order valence-corrected chi connectivity index (χ4v) is 2.18. The van der Waals surface area contributed by atoms with E-state index in [1.807, 2.05) is 25.1 Å². The van der Waals surface area contributed by atoms with Crippen molar-refractivity contribution in [1.82, 2.24) is 0 Å². The molecule has 1 aliphatic carbocycles. The first-order valence-electron chi connectivity index (χ1n) is 6.39. The molecule has 0 bridgehead atoms. The molecule has 100 valence electrons. The molecule has 4 nitrogen and oxygen atoms in total. The second-order valence-corrected chi connectivity index (χ2v) is 4.81. The van der Waals surface area contributed by atoms with Gasteiger partial charge in [0, 0.05) is 18.4 Å². The minimum atomic E-state index is -0.738. The Labute approximate surface area is 107 Å². The van der Waals surface area contributed by atoms with E-state index in [9.17, 15) is 15.3 Å². The minimum absolute atomic E-state index is 0.256. The molecule has 0 fully saturated rings. The standard InChI is InChI=1S/C14H20O4/c1-2-10(15)8-18-14-5-3-4-9-6-12(16)13(17)7-11(9)14/h3-5,10,12-13,15-17H,2,6-8H2,1H3/t10-,12-,13+/m1/s1. The van der Waals surface area contributed by atoms with Gasteiger partial charge < -0.3 is 20.1 Å². The van der Waals surface area contributed by atoms with Crippen LogP contribution in [0, 0.1) is 0 Å². The summed E-state index contributed by atoms with van der Waals surface area (Å²) in [7, 11) is 0. The van der Waals surface area contributed by atoms with Gasteiger partial charge in [0.15, 0.2) is 0 Å². The van der Waals surface area contributed by atoms with E-state index in [1.165, 1.54) is 0 Å². The number of aliphatic hydroxyl groups is 3. The Morgan fingerprint density at radius 3 is 2.72 bits per heavy atom. The van der Waals surface area contributed by atoms with Crippen LogP contribution in [0.1, 0.15) is 24.5 Å². The Balaban J connectivity index is 2.15. The zero-order valence-electron chi connectivity index (χ0n) is 10.5. The normalized spacial score (nSPS) is 24.4. The number of hydrogen-bond acceptors (Lipinski definition) is 4. The summed E-state index contributed by atoms with van der Waals surface area (Å²) >= 11 is 0. The molecule has 0 unspecified atom stereocenters. The average Bonchev–Trinajstić information content (AvgIpc) is 2.37. The Morgan fingerprint density at radius 2 is 2.00 bits per heavy atom. The van der Waals surface area contributed by atoms with Gasteiger partial charge in [0.25, 0.3) is 0 Å². The van der Waals surface area contributed by atoms with Gasteiger partial charge in [-0.15, -0.1) is 0 Å². The van der Waals surface area contributed by atoms with Gasteiger partial charge in [0.2, 0.25) is 0 Å². The topological polar surface area (TPSA) is 69.9 Å². The smallest absolute Gasteiger partial charge is 0.122 e. The van der Waals surface area contributed by atoms with Crippen molar-refractivity contribution in [2.75, 3.05) is 6.61 Å². The van der Waals surface area contributed by atoms with Crippen molar-refractivity contribution in [3.05, 3.63) is 29.3 Å². The molecule has 0 heterocycles. The molecule has 0 aliphatic heterocycles. The molecule has 4 heteroatoms. The lowest BCUT2D eigenvalue weighted by Crippen LogP contribution is -2.34. The van der Waals surface area contributed by atoms with E-state index in [-0.39, 0.29) is 6.61 Å². The van der Waals surface area contributed by atoms with Crippen molar-refractivity contribution in [2.24, 2.45) is 0 Å². The lowest BCUT2D eigenvalue weighted by atomic mass is 9.87. The van der Waals surface area contributed by atoms with Gasteiger partial charge in [-0.2, -0.15) is 0 Å². The maximum Gasteiger partial charge on any atom is 0.122 e. The number of aliphatic hydroxyl groups excluding tert-OH is 3. The Bertz CT molecular complexity index is 405. The van der Waals surface area contributed by atoms with Gasteiger partial charge in [-0.3, -0.25) is 0 Å². The molecule has 0 spiro atoms. The summed E-state index contributed by atoms with van der Waals surface area (Å²) in [4.78, 5) is 0. The van der Waals surface area contributed by atoms with Gasteiger partial charge in [-0.05, 0) is 18.1 Å². The highest BCUT2D eigenvalue weighted by atomic mass is 16.5. The largest absolute Gasteiger partial charge is 0.491 e. The number of ether oxygens (including phenoxy) is 1. The van der Waals surface area contributed by atoms with E-state index < -0.39 is 18.3 Å². The van der Waals surface area contributed by atoms with Crippen LogP contribution in [0.15, 0.2) is 18.2 Å². The monoisotopic (exact) mass is 252 g/mol. The van der Waals surface area contributed by atoms with Crippen molar-refractivity contribution in [2.45, 2.75) is 44.5 Å². The molecular weight excluding hydrogens is 232 g/mol. The van der Waals surface area contributed by atoms with Gasteiger partial charge in [0.05, 0.1) is 18.3 Å². The predicted octanol–water partition coefficient (Wildman–Crippen LogP) is 0.657. The van der Waals surface area contributed by atoms with Crippen molar-refractivity contribution >= 4 is 0 Å². The summed E-state index contributed by atoms with van der Waals surface area (Å²) < 4.78 is 5.60. The lowest BCUT2D eigenvalue weighted by Gasteiger charge is -2.27. The molecule has 0 saturated heterocycles. The second kappa shape index (κ2) is 5.69. The third kappa shape index (κ3) is 2.83. The summed E-state index contributed by atoms with van der Waals surface area (Å²) in [6.07, 6.45) is -0.415. The zero-order chi connectivity index (χ0) is 13.1. The van der Waals surface area contributed by atoms with Gasteiger partial charge in [0.1, 0.15) is 12.4 Å². The van der Waals surface area contributed by atoms with E-state index in [1.54, 1.807) is 0 Å². The minimum Gasteiger partial charge on any atom is -0.491 e. The first-order chi connectivity index (χ1) is 8.61. The molecule has 1 aliphatic rings. The quantitative estimate of drug-likeness (QED) is 0.736. The summed E-state index contributed by atoms with van der Waals surface area (Å²) in [6.45, 7) is 2.15. The third-order valence-electron chi connectivity index (χ3n) is 3.42. The molecule has 18 heavy (non-hydrogen) atoms. The Hall–Kier alpha value is -1.10.